The van der Waals surface area contributed by atoms with Gasteiger partial charge < -0.3 is 9.47 Å². The number of hydrogen-bond donors (Lipinski definition) is 0. The zero-order valence-electron chi connectivity index (χ0n) is 16.2. The summed E-state index contributed by atoms with van der Waals surface area (Å²) in [6.07, 6.45) is 0. The van der Waals surface area contributed by atoms with Crippen LogP contribution in [0, 0.1) is 0 Å². The van der Waals surface area contributed by atoms with Crippen molar-refractivity contribution in [3.8, 4) is 11.4 Å². The van der Waals surface area contributed by atoms with Gasteiger partial charge in [0.1, 0.15) is 0 Å². The van der Waals surface area contributed by atoms with Crippen LogP contribution in [0.2, 0.25) is 5.02 Å². The lowest BCUT2D eigenvalue weighted by Gasteiger charge is -2.21. The van der Waals surface area contributed by atoms with Gasteiger partial charge in [0.15, 0.2) is 11.0 Å². The lowest BCUT2D eigenvalue weighted by atomic mass is 10.2. The van der Waals surface area contributed by atoms with Crippen molar-refractivity contribution in [2.75, 3.05) is 7.05 Å². The Morgan fingerprint density at radius 2 is 1.93 bits per heavy atom. The Balaban J connectivity index is 1.73. The molecule has 1 amide bonds. The third-order valence-corrected chi connectivity index (χ3v) is 5.69. The fraction of sp³-hybridized carbons (Fsp3) is 0.286. The fourth-order valence-corrected chi connectivity index (χ4v) is 4.17. The number of halogens is 1. The predicted molar refractivity (Wildman–Crippen MR) is 114 cm³/mol. The van der Waals surface area contributed by atoms with Crippen LogP contribution in [0.25, 0.3) is 11.4 Å². The highest BCUT2D eigenvalue weighted by molar-refractivity contribution is 8.00. The molecule has 3 rings (SSSR count). The highest BCUT2D eigenvalue weighted by Crippen LogP contribution is 2.28. The Hall–Kier alpha value is -2.31. The molecule has 2 aromatic carbocycles. The van der Waals surface area contributed by atoms with E-state index in [9.17, 15) is 4.79 Å². The van der Waals surface area contributed by atoms with Gasteiger partial charge in [-0.15, -0.1) is 10.2 Å². The van der Waals surface area contributed by atoms with Crippen LogP contribution < -0.4 is 0 Å². The quantitative estimate of drug-likeness (QED) is 0.523. The van der Waals surface area contributed by atoms with Crippen molar-refractivity contribution in [1.29, 1.82) is 0 Å². The number of rotatable bonds is 7. The van der Waals surface area contributed by atoms with Gasteiger partial charge in [-0.2, -0.15) is 0 Å². The van der Waals surface area contributed by atoms with Crippen LogP contribution in [-0.2, 0) is 17.9 Å². The molecule has 0 bridgehead atoms. The maximum Gasteiger partial charge on any atom is 0.235 e. The molecular weight excluding hydrogens is 392 g/mol. The van der Waals surface area contributed by atoms with Gasteiger partial charge in [0.25, 0.3) is 0 Å². The maximum absolute atomic E-state index is 12.8. The SMILES string of the molecule is CCn1c(SC(C)C(=O)N(C)Cc2ccccc2)nnc1-c1cccc(Cl)c1. The minimum Gasteiger partial charge on any atom is -0.340 e. The van der Waals surface area contributed by atoms with E-state index >= 15 is 0 Å². The molecule has 1 atom stereocenters. The van der Waals surface area contributed by atoms with Crippen LogP contribution in [0.4, 0.5) is 0 Å². The molecule has 3 aromatic rings. The molecule has 28 heavy (non-hydrogen) atoms. The van der Waals surface area contributed by atoms with Crippen molar-refractivity contribution in [2.24, 2.45) is 0 Å². The van der Waals surface area contributed by atoms with Gasteiger partial charge in [-0.1, -0.05) is 65.8 Å². The summed E-state index contributed by atoms with van der Waals surface area (Å²) in [7, 11) is 1.83. The van der Waals surface area contributed by atoms with Crippen molar-refractivity contribution < 1.29 is 4.79 Å². The molecule has 0 aliphatic carbocycles. The van der Waals surface area contributed by atoms with E-state index in [2.05, 4.69) is 10.2 Å². The van der Waals surface area contributed by atoms with Crippen LogP contribution >= 0.6 is 23.4 Å². The summed E-state index contributed by atoms with van der Waals surface area (Å²) in [5, 5.41) is 9.77. The number of carbonyl (C=O) groups excluding carboxylic acids is 1. The van der Waals surface area contributed by atoms with Gasteiger partial charge in [-0.25, -0.2) is 0 Å². The number of carbonyl (C=O) groups is 1. The highest BCUT2D eigenvalue weighted by atomic mass is 35.5. The first-order valence-corrected chi connectivity index (χ1v) is 10.4. The lowest BCUT2D eigenvalue weighted by molar-refractivity contribution is -0.129. The summed E-state index contributed by atoms with van der Waals surface area (Å²) in [6.45, 7) is 5.23. The molecule has 0 fully saturated rings. The first-order chi connectivity index (χ1) is 13.5. The van der Waals surface area contributed by atoms with E-state index in [1.54, 1.807) is 4.90 Å². The number of hydrogen-bond acceptors (Lipinski definition) is 4. The third kappa shape index (κ3) is 4.75. The molecule has 7 heteroatoms. The lowest BCUT2D eigenvalue weighted by Crippen LogP contribution is -2.33. The molecule has 0 saturated heterocycles. The number of thioether (sulfide) groups is 1. The zero-order valence-corrected chi connectivity index (χ0v) is 17.7. The van der Waals surface area contributed by atoms with Crippen LogP contribution in [-0.4, -0.2) is 37.9 Å². The topological polar surface area (TPSA) is 51.0 Å². The summed E-state index contributed by atoms with van der Waals surface area (Å²) >= 11 is 7.54. The van der Waals surface area contributed by atoms with Crippen molar-refractivity contribution in [3.05, 3.63) is 65.2 Å². The summed E-state index contributed by atoms with van der Waals surface area (Å²) in [5.74, 6) is 0.814. The molecule has 0 N–H and O–H groups in total. The number of amides is 1. The summed E-state index contributed by atoms with van der Waals surface area (Å²) in [6, 6.07) is 17.5. The molecule has 0 saturated carbocycles. The molecule has 1 unspecified atom stereocenters. The summed E-state index contributed by atoms with van der Waals surface area (Å²) in [4.78, 5) is 14.6. The van der Waals surface area contributed by atoms with Crippen molar-refractivity contribution in [2.45, 2.75) is 37.3 Å². The van der Waals surface area contributed by atoms with Gasteiger partial charge in [-0.05, 0) is 31.5 Å². The highest BCUT2D eigenvalue weighted by Gasteiger charge is 2.23. The minimum absolute atomic E-state index is 0.0591. The zero-order chi connectivity index (χ0) is 20.1. The normalized spacial score (nSPS) is 12.0. The first kappa shape index (κ1) is 20.4. The van der Waals surface area contributed by atoms with E-state index in [0.717, 1.165) is 22.1 Å². The summed E-state index contributed by atoms with van der Waals surface area (Å²) < 4.78 is 2.01. The Morgan fingerprint density at radius 1 is 1.18 bits per heavy atom. The van der Waals surface area contributed by atoms with Gasteiger partial charge in [0.2, 0.25) is 5.91 Å². The van der Waals surface area contributed by atoms with Gasteiger partial charge in [0.05, 0.1) is 5.25 Å². The molecule has 146 valence electrons. The molecule has 0 radical (unpaired) electrons. The molecule has 0 spiro atoms. The Kier molecular flexibility index (Phi) is 6.75. The fourth-order valence-electron chi connectivity index (χ4n) is 2.96. The summed E-state index contributed by atoms with van der Waals surface area (Å²) in [5.41, 5.74) is 2.02. The van der Waals surface area contributed by atoms with Crippen molar-refractivity contribution in [3.63, 3.8) is 0 Å². The second kappa shape index (κ2) is 9.26. The second-order valence-corrected chi connectivity index (χ2v) is 8.25. The van der Waals surface area contributed by atoms with Gasteiger partial charge in [-0.3, -0.25) is 4.79 Å². The maximum atomic E-state index is 12.8. The van der Waals surface area contributed by atoms with Crippen molar-refractivity contribution >= 4 is 29.3 Å². The smallest absolute Gasteiger partial charge is 0.235 e. The van der Waals surface area contributed by atoms with Crippen molar-refractivity contribution in [1.82, 2.24) is 19.7 Å². The van der Waals surface area contributed by atoms with E-state index in [-0.39, 0.29) is 11.2 Å². The molecule has 1 aromatic heterocycles. The number of benzene rings is 2. The Morgan fingerprint density at radius 3 is 2.61 bits per heavy atom. The van der Waals surface area contributed by atoms with E-state index < -0.39 is 0 Å². The average molecular weight is 415 g/mol. The van der Waals surface area contributed by atoms with E-state index in [1.165, 1.54) is 11.8 Å². The largest absolute Gasteiger partial charge is 0.340 e. The van der Waals surface area contributed by atoms with E-state index in [1.807, 2.05) is 80.1 Å². The second-order valence-electron chi connectivity index (χ2n) is 6.50. The predicted octanol–water partition coefficient (Wildman–Crippen LogP) is 4.76. The average Bonchev–Trinajstić information content (AvgIpc) is 3.10. The minimum atomic E-state index is -0.268. The van der Waals surface area contributed by atoms with Gasteiger partial charge in [0, 0.05) is 30.7 Å². The van der Waals surface area contributed by atoms with Crippen LogP contribution in [0.1, 0.15) is 19.4 Å². The molecule has 1 heterocycles. The van der Waals surface area contributed by atoms with Crippen LogP contribution in [0.5, 0.6) is 0 Å². The standard InChI is InChI=1S/C21H23ClN4OS/c1-4-26-19(17-11-8-12-18(22)13-17)23-24-21(26)28-15(2)20(27)25(3)14-16-9-6-5-7-10-16/h5-13,15H,4,14H2,1-3H3. The monoisotopic (exact) mass is 414 g/mol. The number of aromatic nitrogens is 3. The molecule has 0 aliphatic heterocycles. The molecule has 5 nitrogen and oxygen atoms in total. The van der Waals surface area contributed by atoms with Crippen LogP contribution in [0.15, 0.2) is 59.8 Å². The molecular formula is C21H23ClN4OS. The van der Waals surface area contributed by atoms with E-state index in [0.29, 0.717) is 18.1 Å². The van der Waals surface area contributed by atoms with Gasteiger partial charge >= 0.3 is 0 Å². The first-order valence-electron chi connectivity index (χ1n) is 9.14. The Bertz CT molecular complexity index is 945. The van der Waals surface area contributed by atoms with Crippen LogP contribution in [0.3, 0.4) is 0 Å². The number of nitrogens with zero attached hydrogens (tertiary/aromatic N) is 4. The molecule has 0 aliphatic rings. The third-order valence-electron chi connectivity index (χ3n) is 4.38. The Labute approximate surface area is 174 Å². The van der Waals surface area contributed by atoms with E-state index in [4.69, 9.17) is 11.6 Å².